The van der Waals surface area contributed by atoms with Crippen LogP contribution >= 0.6 is 0 Å². The summed E-state index contributed by atoms with van der Waals surface area (Å²) in [5.41, 5.74) is 1.91. The summed E-state index contributed by atoms with van der Waals surface area (Å²) in [7, 11) is 3.76. The van der Waals surface area contributed by atoms with Crippen molar-refractivity contribution < 1.29 is 14.0 Å². The van der Waals surface area contributed by atoms with Gasteiger partial charge in [-0.25, -0.2) is 9.18 Å². The molecule has 1 aliphatic heterocycles. The maximum absolute atomic E-state index is 13.5. The minimum Gasteiger partial charge on any atom is -0.339 e. The fraction of sp³-hybridized carbons (Fsp3) is 0.364. The van der Waals surface area contributed by atoms with E-state index in [1.165, 1.54) is 12.1 Å². The minimum absolute atomic E-state index is 0.00895. The Kier molecular flexibility index (Phi) is 6.82. The van der Waals surface area contributed by atoms with Gasteiger partial charge in [-0.15, -0.1) is 0 Å². The van der Waals surface area contributed by atoms with Crippen molar-refractivity contribution in [3.8, 4) is 0 Å². The van der Waals surface area contributed by atoms with E-state index in [2.05, 4.69) is 10.6 Å². The summed E-state index contributed by atoms with van der Waals surface area (Å²) in [6.45, 7) is 1.88. The van der Waals surface area contributed by atoms with E-state index in [4.69, 9.17) is 0 Å². The Labute approximate surface area is 170 Å². The molecule has 1 saturated heterocycles. The summed E-state index contributed by atoms with van der Waals surface area (Å²) >= 11 is 0. The van der Waals surface area contributed by atoms with Gasteiger partial charge in [0, 0.05) is 30.9 Å². The molecule has 154 valence electrons. The molecule has 0 aromatic heterocycles. The van der Waals surface area contributed by atoms with Crippen molar-refractivity contribution in [1.29, 1.82) is 0 Å². The first-order valence-electron chi connectivity index (χ1n) is 9.80. The Bertz CT molecular complexity index is 865. The average molecular weight is 398 g/mol. The van der Waals surface area contributed by atoms with E-state index in [-0.39, 0.29) is 23.8 Å². The van der Waals surface area contributed by atoms with Gasteiger partial charge in [0.15, 0.2) is 0 Å². The van der Waals surface area contributed by atoms with E-state index in [9.17, 15) is 14.0 Å². The smallest absolute Gasteiger partial charge is 0.319 e. The Morgan fingerprint density at radius 1 is 1.10 bits per heavy atom. The minimum atomic E-state index is -0.376. The summed E-state index contributed by atoms with van der Waals surface area (Å²) in [6.07, 6.45) is 2.06. The molecule has 29 heavy (non-hydrogen) atoms. The molecule has 3 amide bonds. The summed E-state index contributed by atoms with van der Waals surface area (Å²) in [5.74, 6) is -0.316. The highest BCUT2D eigenvalue weighted by atomic mass is 19.1. The van der Waals surface area contributed by atoms with Crippen molar-refractivity contribution in [1.82, 2.24) is 15.1 Å². The van der Waals surface area contributed by atoms with Crippen LogP contribution in [0.25, 0.3) is 0 Å². The average Bonchev–Trinajstić information content (AvgIpc) is 3.22. The number of amides is 3. The number of urea groups is 1. The van der Waals surface area contributed by atoms with Crippen LogP contribution in [-0.4, -0.2) is 55.5 Å². The first-order chi connectivity index (χ1) is 13.9. The van der Waals surface area contributed by atoms with Gasteiger partial charge in [-0.05, 0) is 62.8 Å². The van der Waals surface area contributed by atoms with Crippen LogP contribution in [0.2, 0.25) is 0 Å². The van der Waals surface area contributed by atoms with Crippen molar-refractivity contribution in [2.45, 2.75) is 18.9 Å². The molecular weight excluding hydrogens is 371 g/mol. The zero-order valence-corrected chi connectivity index (χ0v) is 16.8. The first kappa shape index (κ1) is 20.8. The van der Waals surface area contributed by atoms with Gasteiger partial charge < -0.3 is 20.4 Å². The van der Waals surface area contributed by atoms with E-state index >= 15 is 0 Å². The number of carbonyl (C=O) groups excluding carboxylic acids is 2. The molecule has 1 aliphatic rings. The molecule has 1 atom stereocenters. The number of halogens is 1. The van der Waals surface area contributed by atoms with Gasteiger partial charge in [0.25, 0.3) is 5.91 Å². The van der Waals surface area contributed by atoms with E-state index in [1.54, 1.807) is 30.3 Å². The quantitative estimate of drug-likeness (QED) is 0.783. The third-order valence-corrected chi connectivity index (χ3v) is 5.07. The van der Waals surface area contributed by atoms with Crippen LogP contribution < -0.4 is 10.6 Å². The molecular formula is C22H27FN4O2. The van der Waals surface area contributed by atoms with Gasteiger partial charge in [0.2, 0.25) is 0 Å². The normalized spacial score (nSPS) is 14.7. The largest absolute Gasteiger partial charge is 0.339 e. The Hall–Kier alpha value is -2.93. The lowest BCUT2D eigenvalue weighted by Crippen LogP contribution is -2.37. The van der Waals surface area contributed by atoms with Crippen LogP contribution in [0.1, 0.15) is 34.8 Å². The number of carbonyl (C=O) groups is 2. The SMILES string of the molecule is CN(C)C(CNC(=O)Nc1cccc(C(=O)N2CCCC2)c1)c1cccc(F)c1. The lowest BCUT2D eigenvalue weighted by Gasteiger charge is -2.25. The number of rotatable bonds is 6. The number of nitrogens with zero attached hydrogens (tertiary/aromatic N) is 2. The van der Waals surface area contributed by atoms with E-state index in [0.717, 1.165) is 31.5 Å². The molecule has 2 aromatic carbocycles. The van der Waals surface area contributed by atoms with Crippen LogP contribution in [0.15, 0.2) is 48.5 Å². The highest BCUT2D eigenvalue weighted by molar-refractivity contribution is 5.97. The Morgan fingerprint density at radius 3 is 2.52 bits per heavy atom. The number of anilines is 1. The second-order valence-electron chi connectivity index (χ2n) is 7.45. The summed E-state index contributed by atoms with van der Waals surface area (Å²) in [4.78, 5) is 28.6. The maximum Gasteiger partial charge on any atom is 0.319 e. The number of hydrogen-bond donors (Lipinski definition) is 2. The van der Waals surface area contributed by atoms with Crippen LogP contribution in [-0.2, 0) is 0 Å². The zero-order chi connectivity index (χ0) is 20.8. The van der Waals surface area contributed by atoms with Crippen LogP contribution in [0.3, 0.4) is 0 Å². The highest BCUT2D eigenvalue weighted by Crippen LogP contribution is 2.19. The zero-order valence-electron chi connectivity index (χ0n) is 16.8. The first-order valence-corrected chi connectivity index (χ1v) is 9.80. The molecule has 1 unspecified atom stereocenters. The van der Waals surface area contributed by atoms with Gasteiger partial charge in [-0.2, -0.15) is 0 Å². The van der Waals surface area contributed by atoms with Crippen LogP contribution in [0, 0.1) is 5.82 Å². The molecule has 0 radical (unpaired) electrons. The number of likely N-dealkylation sites (N-methyl/N-ethyl adjacent to an activating group) is 1. The second kappa shape index (κ2) is 9.52. The summed E-state index contributed by atoms with van der Waals surface area (Å²) < 4.78 is 13.5. The molecule has 2 N–H and O–H groups in total. The molecule has 2 aromatic rings. The van der Waals surface area contributed by atoms with E-state index in [1.807, 2.05) is 30.0 Å². The molecule has 0 saturated carbocycles. The van der Waals surface area contributed by atoms with Crippen molar-refractivity contribution in [2.24, 2.45) is 0 Å². The van der Waals surface area contributed by atoms with Crippen molar-refractivity contribution in [2.75, 3.05) is 39.0 Å². The number of benzene rings is 2. The van der Waals surface area contributed by atoms with Gasteiger partial charge in [-0.3, -0.25) is 4.79 Å². The molecule has 3 rings (SSSR count). The van der Waals surface area contributed by atoms with Crippen molar-refractivity contribution >= 4 is 17.6 Å². The van der Waals surface area contributed by atoms with E-state index < -0.39 is 0 Å². The number of likely N-dealkylation sites (tertiary alicyclic amines) is 1. The van der Waals surface area contributed by atoms with Gasteiger partial charge >= 0.3 is 6.03 Å². The molecule has 1 fully saturated rings. The maximum atomic E-state index is 13.5. The lowest BCUT2D eigenvalue weighted by atomic mass is 10.1. The lowest BCUT2D eigenvalue weighted by molar-refractivity contribution is 0.0793. The standard InChI is InChI=1S/C22H27FN4O2/c1-26(2)20(16-7-5-9-18(23)13-16)15-24-22(29)25-19-10-6-8-17(14-19)21(28)27-11-3-4-12-27/h5-10,13-14,20H,3-4,11-12,15H2,1-2H3,(H2,24,25,29). The number of hydrogen-bond acceptors (Lipinski definition) is 3. The topological polar surface area (TPSA) is 64.7 Å². The van der Waals surface area contributed by atoms with Crippen LogP contribution in [0.5, 0.6) is 0 Å². The molecule has 0 bridgehead atoms. The van der Waals surface area contributed by atoms with E-state index in [0.29, 0.717) is 17.8 Å². The second-order valence-corrected chi connectivity index (χ2v) is 7.45. The fourth-order valence-electron chi connectivity index (χ4n) is 3.51. The third-order valence-electron chi connectivity index (χ3n) is 5.07. The number of nitrogens with one attached hydrogen (secondary N) is 2. The predicted octanol–water partition coefficient (Wildman–Crippen LogP) is 3.49. The monoisotopic (exact) mass is 398 g/mol. The Morgan fingerprint density at radius 2 is 1.83 bits per heavy atom. The molecule has 1 heterocycles. The highest BCUT2D eigenvalue weighted by Gasteiger charge is 2.20. The fourth-order valence-corrected chi connectivity index (χ4v) is 3.51. The molecule has 0 aliphatic carbocycles. The summed E-state index contributed by atoms with van der Waals surface area (Å²) in [6, 6.07) is 12.8. The molecule has 0 spiro atoms. The third kappa shape index (κ3) is 5.54. The van der Waals surface area contributed by atoms with Crippen molar-refractivity contribution in [3.05, 3.63) is 65.5 Å². The van der Waals surface area contributed by atoms with Gasteiger partial charge in [-0.1, -0.05) is 18.2 Å². The van der Waals surface area contributed by atoms with Crippen molar-refractivity contribution in [3.63, 3.8) is 0 Å². The predicted molar refractivity (Wildman–Crippen MR) is 111 cm³/mol. The molecule has 7 heteroatoms. The van der Waals surface area contributed by atoms with Gasteiger partial charge in [0.05, 0.1) is 6.04 Å². The van der Waals surface area contributed by atoms with Gasteiger partial charge in [0.1, 0.15) is 5.82 Å². The Balaban J connectivity index is 1.60. The van der Waals surface area contributed by atoms with Crippen LogP contribution in [0.4, 0.5) is 14.9 Å². The molecule has 6 nitrogen and oxygen atoms in total. The summed E-state index contributed by atoms with van der Waals surface area (Å²) in [5, 5.41) is 5.60.